The third kappa shape index (κ3) is 5.59. The molecule has 0 aromatic heterocycles. The van der Waals surface area contributed by atoms with Crippen molar-refractivity contribution >= 4 is 18.0 Å². The summed E-state index contributed by atoms with van der Waals surface area (Å²) in [5, 5.41) is 2.74. The van der Waals surface area contributed by atoms with Gasteiger partial charge >= 0.3 is 12.1 Å². The van der Waals surface area contributed by atoms with E-state index in [9.17, 15) is 18.8 Å². The van der Waals surface area contributed by atoms with Gasteiger partial charge in [0.05, 0.1) is 13.0 Å². The predicted octanol–water partition coefficient (Wildman–Crippen LogP) is 2.68. The molecule has 0 spiro atoms. The van der Waals surface area contributed by atoms with E-state index >= 15 is 0 Å². The topological polar surface area (TPSA) is 84.9 Å². The van der Waals surface area contributed by atoms with Crippen molar-refractivity contribution in [1.82, 2.24) is 10.2 Å². The van der Waals surface area contributed by atoms with E-state index < -0.39 is 23.5 Å². The van der Waals surface area contributed by atoms with Crippen LogP contribution in [-0.2, 0) is 32.1 Å². The van der Waals surface area contributed by atoms with E-state index in [4.69, 9.17) is 9.47 Å². The Bertz CT molecular complexity index is 929. The van der Waals surface area contributed by atoms with Gasteiger partial charge in [0.2, 0.25) is 5.91 Å². The van der Waals surface area contributed by atoms with Crippen molar-refractivity contribution in [2.24, 2.45) is 5.92 Å². The zero-order chi connectivity index (χ0) is 22.4. The summed E-state index contributed by atoms with van der Waals surface area (Å²) in [6.07, 6.45) is -0.351. The number of carbonyl (C=O) groups excluding carboxylic acids is 3. The van der Waals surface area contributed by atoms with Crippen molar-refractivity contribution < 1.29 is 28.2 Å². The molecule has 3 rings (SSSR count). The van der Waals surface area contributed by atoms with Crippen LogP contribution in [0.5, 0.6) is 0 Å². The summed E-state index contributed by atoms with van der Waals surface area (Å²) in [5.74, 6) is -1.81. The van der Waals surface area contributed by atoms with E-state index in [2.05, 4.69) is 5.32 Å². The summed E-state index contributed by atoms with van der Waals surface area (Å²) in [5.41, 5.74) is 0.229. The van der Waals surface area contributed by atoms with Crippen LogP contribution in [0.1, 0.15) is 18.1 Å². The van der Waals surface area contributed by atoms with Crippen molar-refractivity contribution in [2.75, 3.05) is 20.2 Å². The molecular weight excluding hydrogens is 403 g/mol. The highest BCUT2D eigenvalue weighted by Gasteiger charge is 2.42. The Morgan fingerprint density at radius 2 is 1.71 bits per heavy atom. The van der Waals surface area contributed by atoms with E-state index in [1.165, 1.54) is 24.1 Å². The van der Waals surface area contributed by atoms with Crippen LogP contribution in [-0.4, -0.2) is 48.6 Å². The van der Waals surface area contributed by atoms with Gasteiger partial charge in [-0.3, -0.25) is 4.79 Å². The van der Waals surface area contributed by atoms with Gasteiger partial charge in [-0.15, -0.1) is 0 Å². The van der Waals surface area contributed by atoms with Gasteiger partial charge in [-0.25, -0.2) is 14.0 Å². The Morgan fingerprint density at radius 1 is 1.06 bits per heavy atom. The van der Waals surface area contributed by atoms with Gasteiger partial charge in [-0.05, 0) is 30.2 Å². The quantitative estimate of drug-likeness (QED) is 0.686. The minimum absolute atomic E-state index is 0.140. The first kappa shape index (κ1) is 22.3. The number of nitrogens with zero attached hydrogens (tertiary/aromatic N) is 1. The largest absolute Gasteiger partial charge is 0.467 e. The van der Waals surface area contributed by atoms with E-state index in [0.717, 1.165) is 5.56 Å². The van der Waals surface area contributed by atoms with Crippen molar-refractivity contribution in [3.05, 3.63) is 71.5 Å². The van der Waals surface area contributed by atoms with Gasteiger partial charge in [0.25, 0.3) is 0 Å². The Labute approximate surface area is 180 Å². The maximum absolute atomic E-state index is 13.2. The SMILES string of the molecule is COC(=O)C(C)(Cc1ccc(F)cc1)NC(=O)C1CN(C(=O)OCc2ccccc2)C1. The highest BCUT2D eigenvalue weighted by molar-refractivity contribution is 5.90. The molecule has 1 heterocycles. The summed E-state index contributed by atoms with van der Waals surface area (Å²) >= 11 is 0. The standard InChI is InChI=1S/C23H25FN2O5/c1-23(21(28)30-2,12-16-8-10-19(24)11-9-16)25-20(27)18-13-26(14-18)22(29)31-15-17-6-4-3-5-7-17/h3-11,18H,12-15H2,1-2H3,(H,25,27). The van der Waals surface area contributed by atoms with Crippen LogP contribution < -0.4 is 5.32 Å². The van der Waals surface area contributed by atoms with Crippen LogP contribution in [0, 0.1) is 11.7 Å². The molecule has 164 valence electrons. The van der Waals surface area contributed by atoms with Gasteiger partial charge in [0.15, 0.2) is 0 Å². The number of ether oxygens (including phenoxy) is 2. The van der Waals surface area contributed by atoms with Crippen LogP contribution in [0.25, 0.3) is 0 Å². The van der Waals surface area contributed by atoms with Crippen LogP contribution >= 0.6 is 0 Å². The zero-order valence-electron chi connectivity index (χ0n) is 17.5. The highest BCUT2D eigenvalue weighted by Crippen LogP contribution is 2.21. The van der Waals surface area contributed by atoms with Crippen LogP contribution in [0.15, 0.2) is 54.6 Å². The average Bonchev–Trinajstić information content (AvgIpc) is 2.73. The predicted molar refractivity (Wildman–Crippen MR) is 110 cm³/mol. The number of halogens is 1. The molecule has 31 heavy (non-hydrogen) atoms. The lowest BCUT2D eigenvalue weighted by Crippen LogP contribution is -2.61. The molecule has 1 unspecified atom stereocenters. The molecule has 2 aromatic carbocycles. The van der Waals surface area contributed by atoms with Gasteiger partial charge in [0.1, 0.15) is 18.0 Å². The molecule has 1 saturated heterocycles. The van der Waals surface area contributed by atoms with Crippen molar-refractivity contribution in [3.63, 3.8) is 0 Å². The van der Waals surface area contributed by atoms with Crippen LogP contribution in [0.4, 0.5) is 9.18 Å². The van der Waals surface area contributed by atoms with Crippen LogP contribution in [0.2, 0.25) is 0 Å². The number of rotatable bonds is 7. The number of likely N-dealkylation sites (tertiary alicyclic amines) is 1. The summed E-state index contributed by atoms with van der Waals surface area (Å²) in [6, 6.07) is 15.0. The maximum Gasteiger partial charge on any atom is 0.410 e. The number of nitrogens with one attached hydrogen (secondary N) is 1. The molecule has 7 nitrogen and oxygen atoms in total. The number of carbonyl (C=O) groups is 3. The maximum atomic E-state index is 13.2. The van der Waals surface area contributed by atoms with Crippen molar-refractivity contribution in [3.8, 4) is 0 Å². The third-order valence-electron chi connectivity index (χ3n) is 5.22. The summed E-state index contributed by atoms with van der Waals surface area (Å²) < 4.78 is 23.3. The average molecular weight is 428 g/mol. The Hall–Kier alpha value is -3.42. The van der Waals surface area contributed by atoms with E-state index in [0.29, 0.717) is 5.56 Å². The molecule has 1 aliphatic heterocycles. The molecule has 1 atom stereocenters. The normalized spacial score (nSPS) is 15.4. The lowest BCUT2D eigenvalue weighted by molar-refractivity contribution is -0.151. The number of esters is 1. The third-order valence-corrected chi connectivity index (χ3v) is 5.22. The van der Waals surface area contributed by atoms with E-state index in [1.54, 1.807) is 19.1 Å². The minimum atomic E-state index is -1.32. The molecule has 1 fully saturated rings. The molecule has 1 aliphatic rings. The fourth-order valence-corrected chi connectivity index (χ4v) is 3.38. The summed E-state index contributed by atoms with van der Waals surface area (Å²) in [7, 11) is 1.24. The molecule has 0 aliphatic carbocycles. The first-order chi connectivity index (χ1) is 14.8. The monoisotopic (exact) mass is 428 g/mol. The first-order valence-corrected chi connectivity index (χ1v) is 9.91. The number of amides is 2. The zero-order valence-corrected chi connectivity index (χ0v) is 17.5. The second kappa shape index (κ2) is 9.59. The molecule has 2 amide bonds. The fourth-order valence-electron chi connectivity index (χ4n) is 3.38. The van der Waals surface area contributed by atoms with Crippen molar-refractivity contribution in [2.45, 2.75) is 25.5 Å². The number of benzene rings is 2. The van der Waals surface area contributed by atoms with Gasteiger partial charge in [-0.1, -0.05) is 42.5 Å². The Kier molecular flexibility index (Phi) is 6.89. The molecule has 0 saturated carbocycles. The van der Waals surface area contributed by atoms with Gasteiger partial charge in [-0.2, -0.15) is 0 Å². The summed E-state index contributed by atoms with van der Waals surface area (Å²) in [4.78, 5) is 38.6. The Balaban J connectivity index is 1.53. The molecule has 1 N–H and O–H groups in total. The lowest BCUT2D eigenvalue weighted by Gasteiger charge is -2.39. The minimum Gasteiger partial charge on any atom is -0.467 e. The second-order valence-corrected chi connectivity index (χ2v) is 7.76. The summed E-state index contributed by atoms with van der Waals surface area (Å²) in [6.45, 7) is 2.12. The lowest BCUT2D eigenvalue weighted by atomic mass is 9.90. The highest BCUT2D eigenvalue weighted by atomic mass is 19.1. The number of methoxy groups -OCH3 is 1. The number of hydrogen-bond donors (Lipinski definition) is 1. The van der Waals surface area contributed by atoms with Crippen molar-refractivity contribution in [1.29, 1.82) is 0 Å². The van der Waals surface area contributed by atoms with Crippen LogP contribution in [0.3, 0.4) is 0 Å². The van der Waals surface area contributed by atoms with Gasteiger partial charge < -0.3 is 19.7 Å². The fraction of sp³-hybridized carbons (Fsp3) is 0.348. The molecule has 8 heteroatoms. The van der Waals surface area contributed by atoms with Gasteiger partial charge in [0, 0.05) is 19.5 Å². The van der Waals surface area contributed by atoms with E-state index in [1.807, 2.05) is 30.3 Å². The Morgan fingerprint density at radius 3 is 2.32 bits per heavy atom. The molecule has 2 aromatic rings. The number of hydrogen-bond acceptors (Lipinski definition) is 5. The molecule has 0 bridgehead atoms. The smallest absolute Gasteiger partial charge is 0.410 e. The molecular formula is C23H25FN2O5. The first-order valence-electron chi connectivity index (χ1n) is 9.91. The second-order valence-electron chi connectivity index (χ2n) is 7.76. The molecule has 0 radical (unpaired) electrons. The van der Waals surface area contributed by atoms with E-state index in [-0.39, 0.29) is 37.8 Å².